The summed E-state index contributed by atoms with van der Waals surface area (Å²) in [7, 11) is 1.60. The van der Waals surface area contributed by atoms with Gasteiger partial charge in [-0.3, -0.25) is 0 Å². The molecule has 0 bridgehead atoms. The third-order valence-electron chi connectivity index (χ3n) is 3.03. The molecule has 1 aromatic carbocycles. The molecule has 6 nitrogen and oxygen atoms in total. The lowest BCUT2D eigenvalue weighted by atomic mass is 10.2. The van der Waals surface area contributed by atoms with E-state index in [0.717, 1.165) is 12.1 Å². The van der Waals surface area contributed by atoms with Crippen molar-refractivity contribution in [2.24, 2.45) is 5.73 Å². The van der Waals surface area contributed by atoms with Crippen LogP contribution in [0.4, 0.5) is 4.79 Å². The second kappa shape index (κ2) is 6.29. The van der Waals surface area contributed by atoms with Gasteiger partial charge in [-0.15, -0.1) is 0 Å². The third-order valence-corrected chi connectivity index (χ3v) is 3.03. The second-order valence-corrected chi connectivity index (χ2v) is 4.26. The highest BCUT2D eigenvalue weighted by Crippen LogP contribution is 2.27. The molecule has 3 N–H and O–H groups in total. The van der Waals surface area contributed by atoms with Gasteiger partial charge in [-0.05, 0) is 17.7 Å². The zero-order valence-corrected chi connectivity index (χ0v) is 11.0. The normalized spacial score (nSPS) is 14.4. The number of rotatable bonds is 6. The Kier molecular flexibility index (Phi) is 4.46. The number of hydrogen-bond acceptors (Lipinski definition) is 4. The lowest BCUT2D eigenvalue weighted by molar-refractivity contribution is 0.201. The van der Waals surface area contributed by atoms with Gasteiger partial charge in [0.05, 0.1) is 13.7 Å². The van der Waals surface area contributed by atoms with Crippen molar-refractivity contribution < 1.29 is 14.3 Å². The second-order valence-electron chi connectivity index (χ2n) is 4.26. The number of carbonyl (C=O) groups is 1. The third kappa shape index (κ3) is 3.29. The molecule has 1 saturated heterocycles. The Hall–Kier alpha value is -1.95. The fourth-order valence-corrected chi connectivity index (χ4v) is 1.95. The van der Waals surface area contributed by atoms with Crippen molar-refractivity contribution >= 4 is 6.03 Å². The summed E-state index contributed by atoms with van der Waals surface area (Å²) < 4.78 is 10.9. The van der Waals surface area contributed by atoms with Crippen LogP contribution in [0.25, 0.3) is 0 Å². The summed E-state index contributed by atoms with van der Waals surface area (Å²) in [5, 5.41) is 2.75. The Morgan fingerprint density at radius 3 is 2.89 bits per heavy atom. The molecule has 0 aromatic heterocycles. The van der Waals surface area contributed by atoms with E-state index in [0.29, 0.717) is 37.7 Å². The summed E-state index contributed by atoms with van der Waals surface area (Å²) in [6, 6.07) is 5.56. The lowest BCUT2D eigenvalue weighted by Crippen LogP contribution is -2.31. The first kappa shape index (κ1) is 13.5. The number of nitrogens with two attached hydrogens (primary N) is 1. The van der Waals surface area contributed by atoms with Crippen LogP contribution in [0, 0.1) is 0 Å². The molecule has 2 rings (SSSR count). The summed E-state index contributed by atoms with van der Waals surface area (Å²) in [6.07, 6.45) is 0. The average molecular weight is 265 g/mol. The average Bonchev–Trinajstić information content (AvgIpc) is 2.84. The zero-order valence-electron chi connectivity index (χ0n) is 11.0. The first-order chi connectivity index (χ1) is 9.24. The van der Waals surface area contributed by atoms with Crippen molar-refractivity contribution in [1.82, 2.24) is 10.2 Å². The van der Waals surface area contributed by atoms with E-state index >= 15 is 0 Å². The van der Waals surface area contributed by atoms with Gasteiger partial charge in [0.1, 0.15) is 6.61 Å². The smallest absolute Gasteiger partial charge is 0.317 e. The molecule has 0 unspecified atom stereocenters. The van der Waals surface area contributed by atoms with Crippen LogP contribution in [-0.4, -0.2) is 44.3 Å². The monoisotopic (exact) mass is 265 g/mol. The van der Waals surface area contributed by atoms with Gasteiger partial charge in [0, 0.05) is 19.6 Å². The fourth-order valence-electron chi connectivity index (χ4n) is 1.95. The maximum absolute atomic E-state index is 11.4. The molecule has 104 valence electrons. The minimum absolute atomic E-state index is 0.0359. The Morgan fingerprint density at radius 1 is 1.42 bits per heavy atom. The van der Waals surface area contributed by atoms with Crippen LogP contribution >= 0.6 is 0 Å². The first-order valence-electron chi connectivity index (χ1n) is 6.27. The number of urea groups is 1. The van der Waals surface area contributed by atoms with E-state index in [1.165, 1.54) is 0 Å². The van der Waals surface area contributed by atoms with E-state index in [1.807, 2.05) is 18.2 Å². The Morgan fingerprint density at radius 2 is 2.26 bits per heavy atom. The molecular formula is C13H19N3O3. The standard InChI is InChI=1S/C13H19N3O3/c1-18-11-3-2-10(9-14)8-12(11)19-7-6-16-5-4-15-13(16)17/h2-3,8H,4-7,9,14H2,1H3,(H,15,17). The molecule has 19 heavy (non-hydrogen) atoms. The largest absolute Gasteiger partial charge is 0.493 e. The Labute approximate surface area is 112 Å². The van der Waals surface area contributed by atoms with E-state index < -0.39 is 0 Å². The molecule has 0 spiro atoms. The van der Waals surface area contributed by atoms with E-state index in [-0.39, 0.29) is 6.03 Å². The fraction of sp³-hybridized carbons (Fsp3) is 0.462. The number of nitrogens with one attached hydrogen (secondary N) is 1. The van der Waals surface area contributed by atoms with E-state index in [9.17, 15) is 4.79 Å². The number of amides is 2. The predicted octanol–water partition coefficient (Wildman–Crippen LogP) is 0.558. The van der Waals surface area contributed by atoms with Crippen molar-refractivity contribution in [2.45, 2.75) is 6.54 Å². The van der Waals surface area contributed by atoms with Crippen LogP contribution in [-0.2, 0) is 6.54 Å². The molecule has 2 amide bonds. The first-order valence-corrected chi connectivity index (χ1v) is 6.27. The highest BCUT2D eigenvalue weighted by molar-refractivity contribution is 5.76. The van der Waals surface area contributed by atoms with Crippen LogP contribution in [0.3, 0.4) is 0 Å². The van der Waals surface area contributed by atoms with Crippen LogP contribution < -0.4 is 20.5 Å². The van der Waals surface area contributed by atoms with Gasteiger partial charge >= 0.3 is 6.03 Å². The van der Waals surface area contributed by atoms with Crippen LogP contribution in [0.5, 0.6) is 11.5 Å². The Balaban J connectivity index is 1.92. The van der Waals surface area contributed by atoms with Gasteiger partial charge in [-0.25, -0.2) is 4.79 Å². The summed E-state index contributed by atoms with van der Waals surface area (Å²) in [5.41, 5.74) is 6.58. The number of methoxy groups -OCH3 is 1. The van der Waals surface area contributed by atoms with Crippen molar-refractivity contribution in [3.8, 4) is 11.5 Å². The van der Waals surface area contributed by atoms with Crippen molar-refractivity contribution in [1.29, 1.82) is 0 Å². The molecule has 0 saturated carbocycles. The van der Waals surface area contributed by atoms with Gasteiger partial charge in [0.15, 0.2) is 11.5 Å². The predicted molar refractivity (Wildman–Crippen MR) is 71.4 cm³/mol. The van der Waals surface area contributed by atoms with Gasteiger partial charge in [-0.1, -0.05) is 6.07 Å². The molecule has 0 aliphatic carbocycles. The van der Waals surface area contributed by atoms with Crippen LogP contribution in [0.2, 0.25) is 0 Å². The molecule has 0 radical (unpaired) electrons. The van der Waals surface area contributed by atoms with Crippen LogP contribution in [0.15, 0.2) is 18.2 Å². The molecule has 0 atom stereocenters. The molecule has 1 fully saturated rings. The summed E-state index contributed by atoms with van der Waals surface area (Å²) in [4.78, 5) is 13.1. The molecule has 1 aromatic rings. The van der Waals surface area contributed by atoms with Crippen molar-refractivity contribution in [3.05, 3.63) is 23.8 Å². The quantitative estimate of drug-likeness (QED) is 0.788. The minimum atomic E-state index is -0.0359. The van der Waals surface area contributed by atoms with Crippen molar-refractivity contribution in [2.75, 3.05) is 33.4 Å². The summed E-state index contributed by atoms with van der Waals surface area (Å²) >= 11 is 0. The number of benzene rings is 1. The topological polar surface area (TPSA) is 76.8 Å². The molecule has 6 heteroatoms. The molecule has 1 heterocycles. The number of hydrogen-bond donors (Lipinski definition) is 2. The zero-order chi connectivity index (χ0) is 13.7. The van der Waals surface area contributed by atoms with E-state index in [4.69, 9.17) is 15.2 Å². The van der Waals surface area contributed by atoms with Crippen LogP contribution in [0.1, 0.15) is 5.56 Å². The van der Waals surface area contributed by atoms with Gasteiger partial charge in [0.25, 0.3) is 0 Å². The molecule has 1 aliphatic heterocycles. The van der Waals surface area contributed by atoms with E-state index in [2.05, 4.69) is 5.32 Å². The number of carbonyl (C=O) groups excluding carboxylic acids is 1. The number of ether oxygens (including phenoxy) is 2. The maximum Gasteiger partial charge on any atom is 0.317 e. The van der Waals surface area contributed by atoms with Gasteiger partial charge in [-0.2, -0.15) is 0 Å². The van der Waals surface area contributed by atoms with Gasteiger partial charge < -0.3 is 25.4 Å². The molecule has 1 aliphatic rings. The Bertz CT molecular complexity index is 451. The maximum atomic E-state index is 11.4. The van der Waals surface area contributed by atoms with Gasteiger partial charge in [0.2, 0.25) is 0 Å². The highest BCUT2D eigenvalue weighted by atomic mass is 16.5. The SMILES string of the molecule is COc1ccc(CN)cc1OCCN1CCNC1=O. The van der Waals surface area contributed by atoms with E-state index in [1.54, 1.807) is 12.0 Å². The number of nitrogens with zero attached hydrogens (tertiary/aromatic N) is 1. The highest BCUT2D eigenvalue weighted by Gasteiger charge is 2.18. The molecular weight excluding hydrogens is 246 g/mol. The minimum Gasteiger partial charge on any atom is -0.493 e. The summed E-state index contributed by atoms with van der Waals surface area (Å²) in [6.45, 7) is 2.86. The summed E-state index contributed by atoms with van der Waals surface area (Å²) in [5.74, 6) is 1.33. The van der Waals surface area contributed by atoms with Crippen molar-refractivity contribution in [3.63, 3.8) is 0 Å². The lowest BCUT2D eigenvalue weighted by Gasteiger charge is -2.16.